The maximum absolute atomic E-state index is 5.96. The van der Waals surface area contributed by atoms with Crippen LogP contribution in [0.25, 0.3) is 11.0 Å². The number of halogens is 2. The Morgan fingerprint density at radius 3 is 2.15 bits per heavy atom. The van der Waals surface area contributed by atoms with Crippen molar-refractivity contribution >= 4 is 45.4 Å². The monoisotopic (exact) mass is 432 g/mol. The number of piperazine rings is 1. The largest absolute Gasteiger partial charge is 0.353 e. The highest BCUT2D eigenvalue weighted by atomic mass is 79.9. The van der Waals surface area contributed by atoms with Crippen LogP contribution in [-0.4, -0.2) is 41.0 Å². The van der Waals surface area contributed by atoms with E-state index >= 15 is 0 Å². The second kappa shape index (κ2) is 8.33. The van der Waals surface area contributed by atoms with Crippen LogP contribution in [-0.2, 0) is 6.54 Å². The maximum atomic E-state index is 5.96. The zero-order chi connectivity index (χ0) is 17.2. The molecule has 1 aliphatic heterocycles. The molecule has 0 atom stereocenters. The Morgan fingerprint density at radius 2 is 1.50 bits per heavy atom. The molecule has 1 fully saturated rings. The molecule has 0 bridgehead atoms. The quantitative estimate of drug-likeness (QED) is 0.609. The number of hydrogen-bond acceptors (Lipinski definition) is 4. The first-order valence-electron chi connectivity index (χ1n) is 8.64. The Hall–Kier alpha value is -1.69. The highest BCUT2D eigenvalue weighted by molar-refractivity contribution is 8.93. The molecule has 0 saturated carbocycles. The Labute approximate surface area is 169 Å². The molecular weight excluding hydrogens is 412 g/mol. The highest BCUT2D eigenvalue weighted by Crippen LogP contribution is 2.22. The van der Waals surface area contributed by atoms with Gasteiger partial charge in [-0.15, -0.1) is 17.0 Å². The van der Waals surface area contributed by atoms with Crippen LogP contribution in [0.3, 0.4) is 0 Å². The molecule has 0 N–H and O–H groups in total. The average molecular weight is 434 g/mol. The topological polar surface area (TPSA) is 32.3 Å². The molecule has 1 aromatic heterocycles. The fourth-order valence-electron chi connectivity index (χ4n) is 3.34. The van der Waals surface area contributed by atoms with Gasteiger partial charge in [0, 0.05) is 37.7 Å². The van der Waals surface area contributed by atoms with Crippen molar-refractivity contribution in [1.29, 1.82) is 0 Å². The van der Waals surface area contributed by atoms with Gasteiger partial charge in [0.15, 0.2) is 5.82 Å². The molecule has 1 aliphatic rings. The van der Waals surface area contributed by atoms with Gasteiger partial charge in [-0.2, -0.15) is 0 Å². The molecular formula is C20H22BrClN4. The summed E-state index contributed by atoms with van der Waals surface area (Å²) in [6.45, 7) is 7.01. The molecule has 0 radical (unpaired) electrons. The SMILES string of the molecule is Br.Cc1nc2ccccc2nc1N1CCN(Cc2ccc(Cl)cc2)CC1. The van der Waals surface area contributed by atoms with Crippen molar-refractivity contribution in [2.24, 2.45) is 0 Å². The molecule has 4 nitrogen and oxygen atoms in total. The Kier molecular flexibility index (Phi) is 6.12. The van der Waals surface area contributed by atoms with Crippen LogP contribution in [0.15, 0.2) is 48.5 Å². The third kappa shape index (κ3) is 4.17. The van der Waals surface area contributed by atoms with Crippen molar-refractivity contribution in [3.63, 3.8) is 0 Å². The normalized spacial score (nSPS) is 15.1. The number of aromatic nitrogens is 2. The summed E-state index contributed by atoms with van der Waals surface area (Å²) >= 11 is 5.96. The van der Waals surface area contributed by atoms with Crippen LogP contribution in [0.2, 0.25) is 5.02 Å². The van der Waals surface area contributed by atoms with Crippen LogP contribution in [0, 0.1) is 6.92 Å². The summed E-state index contributed by atoms with van der Waals surface area (Å²) in [5.74, 6) is 1.02. The molecule has 1 saturated heterocycles. The number of anilines is 1. The third-order valence-electron chi connectivity index (χ3n) is 4.71. The summed E-state index contributed by atoms with van der Waals surface area (Å²) in [6, 6.07) is 16.2. The minimum atomic E-state index is 0. The summed E-state index contributed by atoms with van der Waals surface area (Å²) < 4.78 is 0. The molecule has 2 aromatic carbocycles. The van der Waals surface area contributed by atoms with Crippen molar-refractivity contribution < 1.29 is 0 Å². The Balaban J connectivity index is 0.00000196. The number of aryl methyl sites for hydroxylation is 1. The van der Waals surface area contributed by atoms with Crippen LogP contribution >= 0.6 is 28.6 Å². The third-order valence-corrected chi connectivity index (χ3v) is 4.96. The van der Waals surface area contributed by atoms with Gasteiger partial charge in [-0.25, -0.2) is 9.97 Å². The second-order valence-corrected chi connectivity index (χ2v) is 6.95. The predicted octanol–water partition coefficient (Wildman–Crippen LogP) is 4.49. The molecule has 4 rings (SSSR count). The van der Waals surface area contributed by atoms with E-state index in [1.807, 2.05) is 36.4 Å². The molecule has 0 amide bonds. The zero-order valence-corrected chi connectivity index (χ0v) is 17.2. The fraction of sp³-hybridized carbons (Fsp3) is 0.300. The maximum Gasteiger partial charge on any atom is 0.150 e. The van der Waals surface area contributed by atoms with Crippen molar-refractivity contribution in [2.45, 2.75) is 13.5 Å². The highest BCUT2D eigenvalue weighted by Gasteiger charge is 2.20. The van der Waals surface area contributed by atoms with Gasteiger partial charge in [-0.05, 0) is 36.8 Å². The molecule has 6 heteroatoms. The van der Waals surface area contributed by atoms with Gasteiger partial charge < -0.3 is 4.90 Å². The number of hydrogen-bond donors (Lipinski definition) is 0. The van der Waals surface area contributed by atoms with E-state index in [2.05, 4.69) is 28.9 Å². The van der Waals surface area contributed by atoms with Gasteiger partial charge in [-0.3, -0.25) is 4.90 Å². The number of para-hydroxylation sites is 2. The summed E-state index contributed by atoms with van der Waals surface area (Å²) in [5.41, 5.74) is 4.24. The van der Waals surface area contributed by atoms with Gasteiger partial charge in [0.05, 0.1) is 16.7 Å². The number of benzene rings is 2. The first-order chi connectivity index (χ1) is 12.2. The van der Waals surface area contributed by atoms with Gasteiger partial charge in [0.2, 0.25) is 0 Å². The summed E-state index contributed by atoms with van der Waals surface area (Å²) in [7, 11) is 0. The fourth-order valence-corrected chi connectivity index (χ4v) is 3.47. The Bertz CT molecular complexity index is 877. The molecule has 0 aliphatic carbocycles. The van der Waals surface area contributed by atoms with Gasteiger partial charge >= 0.3 is 0 Å². The van der Waals surface area contributed by atoms with Crippen LogP contribution in [0.4, 0.5) is 5.82 Å². The minimum absolute atomic E-state index is 0. The van der Waals surface area contributed by atoms with Crippen molar-refractivity contribution in [3.05, 3.63) is 64.8 Å². The van der Waals surface area contributed by atoms with Gasteiger partial charge in [-0.1, -0.05) is 35.9 Å². The molecule has 3 aromatic rings. The predicted molar refractivity (Wildman–Crippen MR) is 114 cm³/mol. The summed E-state index contributed by atoms with van der Waals surface area (Å²) in [5, 5.41) is 0.791. The first-order valence-corrected chi connectivity index (χ1v) is 9.02. The molecule has 0 unspecified atom stereocenters. The summed E-state index contributed by atoms with van der Waals surface area (Å²) in [6.07, 6.45) is 0. The van der Waals surface area contributed by atoms with E-state index in [-0.39, 0.29) is 17.0 Å². The number of fused-ring (bicyclic) bond motifs is 1. The van der Waals surface area contributed by atoms with E-state index in [4.69, 9.17) is 21.6 Å². The van der Waals surface area contributed by atoms with E-state index in [0.717, 1.165) is 60.3 Å². The van der Waals surface area contributed by atoms with Gasteiger partial charge in [0.1, 0.15) is 0 Å². The Morgan fingerprint density at radius 1 is 0.885 bits per heavy atom. The zero-order valence-electron chi connectivity index (χ0n) is 14.7. The van der Waals surface area contributed by atoms with E-state index in [9.17, 15) is 0 Å². The molecule has 136 valence electrons. The first kappa shape index (κ1) is 19.1. The average Bonchev–Trinajstić information content (AvgIpc) is 2.64. The minimum Gasteiger partial charge on any atom is -0.353 e. The number of rotatable bonds is 3. The van der Waals surface area contributed by atoms with Crippen molar-refractivity contribution in [3.8, 4) is 0 Å². The van der Waals surface area contributed by atoms with Crippen molar-refractivity contribution in [1.82, 2.24) is 14.9 Å². The lowest BCUT2D eigenvalue weighted by Crippen LogP contribution is -2.46. The van der Waals surface area contributed by atoms with Crippen LogP contribution < -0.4 is 4.90 Å². The summed E-state index contributed by atoms with van der Waals surface area (Å²) in [4.78, 5) is 14.4. The van der Waals surface area contributed by atoms with E-state index in [1.54, 1.807) is 0 Å². The standard InChI is InChI=1S/C20H21ClN4.BrH/c1-15-20(23-19-5-3-2-4-18(19)22-15)25-12-10-24(11-13-25)14-16-6-8-17(21)9-7-16;/h2-9H,10-14H2,1H3;1H. The van der Waals surface area contributed by atoms with Gasteiger partial charge in [0.25, 0.3) is 0 Å². The lowest BCUT2D eigenvalue weighted by molar-refractivity contribution is 0.249. The van der Waals surface area contributed by atoms with Crippen LogP contribution in [0.1, 0.15) is 11.3 Å². The smallest absolute Gasteiger partial charge is 0.150 e. The van der Waals surface area contributed by atoms with E-state index in [0.29, 0.717) is 0 Å². The lowest BCUT2D eigenvalue weighted by atomic mass is 10.2. The number of nitrogens with zero attached hydrogens (tertiary/aromatic N) is 4. The molecule has 0 spiro atoms. The van der Waals surface area contributed by atoms with E-state index in [1.165, 1.54) is 5.56 Å². The van der Waals surface area contributed by atoms with E-state index < -0.39 is 0 Å². The second-order valence-electron chi connectivity index (χ2n) is 6.51. The van der Waals surface area contributed by atoms with Crippen LogP contribution in [0.5, 0.6) is 0 Å². The van der Waals surface area contributed by atoms with Crippen molar-refractivity contribution in [2.75, 3.05) is 31.1 Å². The lowest BCUT2D eigenvalue weighted by Gasteiger charge is -2.35. The molecule has 2 heterocycles. The molecule has 26 heavy (non-hydrogen) atoms.